The van der Waals surface area contributed by atoms with Crippen molar-refractivity contribution in [3.63, 3.8) is 0 Å². The second-order valence-electron chi connectivity index (χ2n) is 5.31. The zero-order chi connectivity index (χ0) is 10.0. The van der Waals surface area contributed by atoms with Gasteiger partial charge in [0.1, 0.15) is 0 Å². The zero-order valence-electron chi connectivity index (χ0n) is 9.39. The van der Waals surface area contributed by atoms with Gasteiger partial charge in [0, 0.05) is 11.6 Å². The lowest BCUT2D eigenvalue weighted by atomic mass is 9.75. The fourth-order valence-electron chi connectivity index (χ4n) is 2.57. The fraction of sp³-hybridized carbons (Fsp3) is 1.00. The van der Waals surface area contributed by atoms with Crippen LogP contribution >= 0.6 is 0 Å². The smallest absolute Gasteiger partial charge is 0.0166 e. The van der Waals surface area contributed by atoms with Crippen molar-refractivity contribution in [2.45, 2.75) is 63.5 Å². The largest absolute Gasteiger partial charge is 0.325 e. The molecular weight excluding hydrogens is 172 g/mol. The van der Waals surface area contributed by atoms with Crippen LogP contribution in [0.25, 0.3) is 0 Å². The van der Waals surface area contributed by atoms with Gasteiger partial charge in [0.2, 0.25) is 0 Å². The third-order valence-corrected chi connectivity index (χ3v) is 3.96. The normalized spacial score (nSPS) is 33.9. The highest BCUT2D eigenvalue weighted by Crippen LogP contribution is 2.35. The fourth-order valence-corrected chi connectivity index (χ4v) is 2.57. The number of nitrogens with one attached hydrogen (secondary N) is 1. The Bertz CT molecular complexity index is 187. The van der Waals surface area contributed by atoms with Crippen molar-refractivity contribution in [2.75, 3.05) is 6.54 Å². The second kappa shape index (κ2) is 4.19. The van der Waals surface area contributed by atoms with Gasteiger partial charge in [0.25, 0.3) is 0 Å². The molecule has 2 heteroatoms. The summed E-state index contributed by atoms with van der Waals surface area (Å²) in [6, 6.07) is 0.832. The lowest BCUT2D eigenvalue weighted by Gasteiger charge is -2.38. The second-order valence-corrected chi connectivity index (χ2v) is 5.31. The average Bonchev–Trinajstić information content (AvgIpc) is 2.82. The van der Waals surface area contributed by atoms with E-state index in [0.29, 0.717) is 0 Å². The molecule has 0 heterocycles. The van der Waals surface area contributed by atoms with E-state index in [-0.39, 0.29) is 5.54 Å². The van der Waals surface area contributed by atoms with Crippen LogP contribution in [0, 0.1) is 5.92 Å². The molecule has 2 rings (SSSR count). The molecule has 0 aromatic rings. The lowest BCUT2D eigenvalue weighted by molar-refractivity contribution is 0.229. The van der Waals surface area contributed by atoms with Crippen LogP contribution in [0.1, 0.15) is 51.9 Å². The minimum atomic E-state index is 0.210. The van der Waals surface area contributed by atoms with Crippen molar-refractivity contribution in [1.82, 2.24) is 5.32 Å². The van der Waals surface area contributed by atoms with Crippen LogP contribution in [0.2, 0.25) is 0 Å². The SMILES string of the molecule is CCCC1CC1NCCC1(N)CCC1. The summed E-state index contributed by atoms with van der Waals surface area (Å²) in [4.78, 5) is 0. The third kappa shape index (κ3) is 2.48. The predicted octanol–water partition coefficient (Wildman–Crippen LogP) is 2.04. The van der Waals surface area contributed by atoms with Gasteiger partial charge in [0.15, 0.2) is 0 Å². The Kier molecular flexibility index (Phi) is 3.13. The van der Waals surface area contributed by atoms with E-state index in [1.165, 1.54) is 44.9 Å². The molecule has 3 N–H and O–H groups in total. The Morgan fingerprint density at radius 2 is 2.21 bits per heavy atom. The van der Waals surface area contributed by atoms with E-state index in [0.717, 1.165) is 18.5 Å². The average molecular weight is 196 g/mol. The molecule has 2 nitrogen and oxygen atoms in total. The van der Waals surface area contributed by atoms with Gasteiger partial charge in [-0.2, -0.15) is 0 Å². The summed E-state index contributed by atoms with van der Waals surface area (Å²) in [6.07, 6.45) is 9.18. The molecule has 0 radical (unpaired) electrons. The number of nitrogens with two attached hydrogens (primary N) is 1. The van der Waals surface area contributed by atoms with Crippen molar-refractivity contribution >= 4 is 0 Å². The summed E-state index contributed by atoms with van der Waals surface area (Å²) in [7, 11) is 0. The van der Waals surface area contributed by atoms with E-state index in [4.69, 9.17) is 5.73 Å². The van der Waals surface area contributed by atoms with Crippen molar-refractivity contribution in [2.24, 2.45) is 11.7 Å². The highest BCUT2D eigenvalue weighted by atomic mass is 15.0. The molecule has 0 bridgehead atoms. The monoisotopic (exact) mass is 196 g/mol. The van der Waals surface area contributed by atoms with Crippen molar-refractivity contribution in [3.05, 3.63) is 0 Å². The first-order valence-corrected chi connectivity index (χ1v) is 6.26. The van der Waals surface area contributed by atoms with Gasteiger partial charge in [-0.05, 0) is 51.0 Å². The molecule has 2 saturated carbocycles. The molecule has 82 valence electrons. The van der Waals surface area contributed by atoms with Gasteiger partial charge in [0.05, 0.1) is 0 Å². The maximum absolute atomic E-state index is 6.16. The topological polar surface area (TPSA) is 38.0 Å². The van der Waals surface area contributed by atoms with Gasteiger partial charge in [-0.25, -0.2) is 0 Å². The lowest BCUT2D eigenvalue weighted by Crippen LogP contribution is -2.48. The molecule has 0 aromatic heterocycles. The van der Waals surface area contributed by atoms with E-state index in [1.807, 2.05) is 0 Å². The van der Waals surface area contributed by atoms with Crippen LogP contribution in [-0.2, 0) is 0 Å². The van der Waals surface area contributed by atoms with Gasteiger partial charge < -0.3 is 11.1 Å². The standard InChI is InChI=1S/C12H24N2/c1-2-4-10-9-11(10)14-8-7-12(13)5-3-6-12/h10-11,14H,2-9,13H2,1H3. The minimum Gasteiger partial charge on any atom is -0.325 e. The van der Waals surface area contributed by atoms with Crippen molar-refractivity contribution in [3.8, 4) is 0 Å². The summed E-state index contributed by atoms with van der Waals surface area (Å²) >= 11 is 0. The highest BCUT2D eigenvalue weighted by molar-refractivity contribution is 4.96. The Balaban J connectivity index is 1.52. The highest BCUT2D eigenvalue weighted by Gasteiger charge is 2.36. The maximum Gasteiger partial charge on any atom is 0.0166 e. The zero-order valence-corrected chi connectivity index (χ0v) is 9.39. The Labute approximate surface area is 87.6 Å². The van der Waals surface area contributed by atoms with Crippen molar-refractivity contribution in [1.29, 1.82) is 0 Å². The molecule has 0 saturated heterocycles. The third-order valence-electron chi connectivity index (χ3n) is 3.96. The van der Waals surface area contributed by atoms with Crippen LogP contribution in [0.3, 0.4) is 0 Å². The molecular formula is C12H24N2. The Morgan fingerprint density at radius 1 is 1.43 bits per heavy atom. The van der Waals surface area contributed by atoms with E-state index < -0.39 is 0 Å². The molecule has 14 heavy (non-hydrogen) atoms. The predicted molar refractivity (Wildman–Crippen MR) is 60.2 cm³/mol. The molecule has 0 aromatic carbocycles. The molecule has 2 fully saturated rings. The van der Waals surface area contributed by atoms with E-state index in [9.17, 15) is 0 Å². The van der Waals surface area contributed by atoms with Gasteiger partial charge in [-0.3, -0.25) is 0 Å². The number of hydrogen-bond acceptors (Lipinski definition) is 2. The van der Waals surface area contributed by atoms with Gasteiger partial charge in [-0.1, -0.05) is 13.3 Å². The van der Waals surface area contributed by atoms with Crippen molar-refractivity contribution < 1.29 is 0 Å². The first-order chi connectivity index (χ1) is 6.73. The van der Waals surface area contributed by atoms with Crippen LogP contribution < -0.4 is 11.1 Å². The molecule has 2 unspecified atom stereocenters. The summed E-state index contributed by atoms with van der Waals surface area (Å²) in [5.74, 6) is 0.982. The summed E-state index contributed by atoms with van der Waals surface area (Å²) in [6.45, 7) is 3.42. The first-order valence-electron chi connectivity index (χ1n) is 6.26. The molecule has 0 aliphatic heterocycles. The first kappa shape index (κ1) is 10.4. The van der Waals surface area contributed by atoms with E-state index in [1.54, 1.807) is 0 Å². The molecule has 2 aliphatic rings. The minimum absolute atomic E-state index is 0.210. The van der Waals surface area contributed by atoms with Crippen LogP contribution in [0.5, 0.6) is 0 Å². The van der Waals surface area contributed by atoms with E-state index in [2.05, 4.69) is 12.2 Å². The van der Waals surface area contributed by atoms with Gasteiger partial charge >= 0.3 is 0 Å². The van der Waals surface area contributed by atoms with Crippen LogP contribution in [0.4, 0.5) is 0 Å². The summed E-state index contributed by atoms with van der Waals surface area (Å²) in [5, 5.41) is 3.64. The number of rotatable bonds is 6. The molecule has 0 spiro atoms. The molecule has 0 amide bonds. The molecule has 2 aliphatic carbocycles. The summed E-state index contributed by atoms with van der Waals surface area (Å²) in [5.41, 5.74) is 6.37. The summed E-state index contributed by atoms with van der Waals surface area (Å²) < 4.78 is 0. The number of hydrogen-bond donors (Lipinski definition) is 2. The Morgan fingerprint density at radius 3 is 2.79 bits per heavy atom. The maximum atomic E-state index is 6.16. The van der Waals surface area contributed by atoms with Crippen LogP contribution in [-0.4, -0.2) is 18.1 Å². The van der Waals surface area contributed by atoms with E-state index >= 15 is 0 Å². The van der Waals surface area contributed by atoms with Gasteiger partial charge in [-0.15, -0.1) is 0 Å². The quantitative estimate of drug-likeness (QED) is 0.682. The van der Waals surface area contributed by atoms with Crippen LogP contribution in [0.15, 0.2) is 0 Å². The molecule has 2 atom stereocenters. The Hall–Kier alpha value is -0.0800.